The summed E-state index contributed by atoms with van der Waals surface area (Å²) in [5.74, 6) is 0.737. The SMILES string of the molecule is CCC(=O)c1cc(C(=O)Cc2nnn(C)n2)cc2c1OC[C@H]2c1ccccc1. The normalized spacial score (nSPS) is 15.1. The Balaban J connectivity index is 1.76. The van der Waals surface area contributed by atoms with Crippen LogP contribution in [0.25, 0.3) is 0 Å². The Labute approximate surface area is 162 Å². The van der Waals surface area contributed by atoms with Crippen molar-refractivity contribution in [2.24, 2.45) is 7.05 Å². The number of rotatable bonds is 6. The minimum atomic E-state index is -0.153. The van der Waals surface area contributed by atoms with Crippen LogP contribution in [0, 0.1) is 0 Å². The lowest BCUT2D eigenvalue weighted by Gasteiger charge is -2.12. The molecule has 4 rings (SSSR count). The van der Waals surface area contributed by atoms with Crippen molar-refractivity contribution < 1.29 is 14.3 Å². The average Bonchev–Trinajstić information content (AvgIpc) is 3.33. The fourth-order valence-electron chi connectivity index (χ4n) is 3.49. The summed E-state index contributed by atoms with van der Waals surface area (Å²) >= 11 is 0. The van der Waals surface area contributed by atoms with E-state index in [1.54, 1.807) is 20.0 Å². The summed E-state index contributed by atoms with van der Waals surface area (Å²) in [6, 6.07) is 13.4. The van der Waals surface area contributed by atoms with Gasteiger partial charge in [-0.15, -0.1) is 10.2 Å². The highest BCUT2D eigenvalue weighted by Gasteiger charge is 2.31. The van der Waals surface area contributed by atoms with Crippen LogP contribution in [0.3, 0.4) is 0 Å². The minimum Gasteiger partial charge on any atom is -0.492 e. The van der Waals surface area contributed by atoms with Crippen LogP contribution < -0.4 is 4.74 Å². The first-order valence-corrected chi connectivity index (χ1v) is 9.21. The van der Waals surface area contributed by atoms with E-state index in [1.807, 2.05) is 36.4 Å². The van der Waals surface area contributed by atoms with Gasteiger partial charge in [-0.25, -0.2) is 0 Å². The zero-order chi connectivity index (χ0) is 19.7. The molecule has 0 unspecified atom stereocenters. The van der Waals surface area contributed by atoms with Gasteiger partial charge in [0, 0.05) is 23.5 Å². The zero-order valence-electron chi connectivity index (χ0n) is 15.8. The van der Waals surface area contributed by atoms with Gasteiger partial charge in [0.25, 0.3) is 0 Å². The molecule has 2 heterocycles. The van der Waals surface area contributed by atoms with Gasteiger partial charge in [-0.1, -0.05) is 37.3 Å². The predicted molar refractivity (Wildman–Crippen MR) is 102 cm³/mol. The van der Waals surface area contributed by atoms with Gasteiger partial charge in [0.1, 0.15) is 5.75 Å². The summed E-state index contributed by atoms with van der Waals surface area (Å²) in [5.41, 5.74) is 2.90. The smallest absolute Gasteiger partial charge is 0.182 e. The Morgan fingerprint density at radius 3 is 2.64 bits per heavy atom. The summed E-state index contributed by atoms with van der Waals surface area (Å²) in [7, 11) is 1.65. The molecule has 7 heteroatoms. The Morgan fingerprint density at radius 1 is 1.18 bits per heavy atom. The molecule has 0 spiro atoms. The van der Waals surface area contributed by atoms with E-state index in [0.717, 1.165) is 11.1 Å². The number of ether oxygens (including phenoxy) is 1. The van der Waals surface area contributed by atoms with Crippen LogP contribution in [-0.2, 0) is 13.5 Å². The van der Waals surface area contributed by atoms with Crippen molar-refractivity contribution >= 4 is 11.6 Å². The van der Waals surface area contributed by atoms with Crippen molar-refractivity contribution in [2.75, 3.05) is 6.61 Å². The molecule has 1 aliphatic rings. The van der Waals surface area contributed by atoms with Crippen LogP contribution in [0.4, 0.5) is 0 Å². The first-order chi connectivity index (χ1) is 13.6. The van der Waals surface area contributed by atoms with Gasteiger partial charge in [0.2, 0.25) is 0 Å². The number of fused-ring (bicyclic) bond motifs is 1. The van der Waals surface area contributed by atoms with Crippen LogP contribution in [0.2, 0.25) is 0 Å². The van der Waals surface area contributed by atoms with Crippen molar-refractivity contribution in [2.45, 2.75) is 25.7 Å². The van der Waals surface area contributed by atoms with Crippen molar-refractivity contribution in [1.29, 1.82) is 0 Å². The molecule has 0 saturated heterocycles. The van der Waals surface area contributed by atoms with E-state index in [2.05, 4.69) is 15.4 Å². The predicted octanol–water partition coefficient (Wildman–Crippen LogP) is 2.75. The highest BCUT2D eigenvalue weighted by atomic mass is 16.5. The van der Waals surface area contributed by atoms with Gasteiger partial charge in [0.05, 0.1) is 25.6 Å². The molecule has 0 saturated carbocycles. The number of nitrogens with zero attached hydrogens (tertiary/aromatic N) is 4. The Kier molecular flexibility index (Phi) is 4.73. The van der Waals surface area contributed by atoms with Crippen LogP contribution in [-0.4, -0.2) is 38.4 Å². The summed E-state index contributed by atoms with van der Waals surface area (Å²) in [6.45, 7) is 2.25. The molecule has 1 aliphatic heterocycles. The summed E-state index contributed by atoms with van der Waals surface area (Å²) in [6.07, 6.45) is 0.373. The fraction of sp³-hybridized carbons (Fsp3) is 0.286. The van der Waals surface area contributed by atoms with E-state index in [1.165, 1.54) is 4.80 Å². The minimum absolute atomic E-state index is 0.0120. The maximum atomic E-state index is 12.9. The van der Waals surface area contributed by atoms with Crippen LogP contribution >= 0.6 is 0 Å². The number of carbonyl (C=O) groups excluding carboxylic acids is 2. The number of aromatic nitrogens is 4. The molecule has 7 nitrogen and oxygen atoms in total. The van der Waals surface area contributed by atoms with E-state index >= 15 is 0 Å². The summed E-state index contributed by atoms with van der Waals surface area (Å²) in [5, 5.41) is 11.7. The topological polar surface area (TPSA) is 87.0 Å². The molecule has 0 fully saturated rings. The first-order valence-electron chi connectivity index (χ1n) is 9.21. The number of hydrogen-bond donors (Lipinski definition) is 0. The molecule has 0 radical (unpaired) electrons. The molecular weight excluding hydrogens is 356 g/mol. The molecule has 1 aromatic heterocycles. The van der Waals surface area contributed by atoms with Crippen LogP contribution in [0.1, 0.15) is 56.9 Å². The van der Waals surface area contributed by atoms with Crippen molar-refractivity contribution in [3.05, 3.63) is 70.5 Å². The third-order valence-corrected chi connectivity index (χ3v) is 4.90. The number of tetrazole rings is 1. The number of ketones is 2. The average molecular weight is 376 g/mol. The molecule has 0 bridgehead atoms. The summed E-state index contributed by atoms with van der Waals surface area (Å²) in [4.78, 5) is 26.7. The standard InChI is InChI=1S/C21H20N4O3/c1-3-18(26)16-10-14(19(27)11-20-22-24-25(2)23-20)9-15-17(12-28-21(15)16)13-7-5-4-6-8-13/h4-10,17H,3,11-12H2,1-2H3/t17-/m0/s1. The first kappa shape index (κ1) is 18.0. The summed E-state index contributed by atoms with van der Waals surface area (Å²) < 4.78 is 5.91. The largest absolute Gasteiger partial charge is 0.492 e. The van der Waals surface area contributed by atoms with Crippen LogP contribution in [0.5, 0.6) is 5.75 Å². The van der Waals surface area contributed by atoms with Gasteiger partial charge >= 0.3 is 0 Å². The highest BCUT2D eigenvalue weighted by Crippen LogP contribution is 2.41. The van der Waals surface area contributed by atoms with Gasteiger partial charge in [-0.05, 0) is 22.9 Å². The van der Waals surface area contributed by atoms with E-state index in [9.17, 15) is 9.59 Å². The molecular formula is C21H20N4O3. The number of carbonyl (C=O) groups is 2. The van der Waals surface area contributed by atoms with E-state index < -0.39 is 0 Å². The molecule has 0 N–H and O–H groups in total. The van der Waals surface area contributed by atoms with E-state index in [0.29, 0.717) is 35.7 Å². The number of benzene rings is 2. The van der Waals surface area contributed by atoms with Crippen LogP contribution in [0.15, 0.2) is 42.5 Å². The lowest BCUT2D eigenvalue weighted by Crippen LogP contribution is -2.09. The lowest BCUT2D eigenvalue weighted by molar-refractivity contribution is 0.0985. The second-order valence-electron chi connectivity index (χ2n) is 6.79. The monoisotopic (exact) mass is 376 g/mol. The Bertz CT molecular complexity index is 1040. The molecule has 0 amide bonds. The molecule has 3 aromatic rings. The maximum Gasteiger partial charge on any atom is 0.182 e. The lowest BCUT2D eigenvalue weighted by atomic mass is 9.88. The van der Waals surface area contributed by atoms with Gasteiger partial charge in [0.15, 0.2) is 17.4 Å². The quantitative estimate of drug-likeness (QED) is 0.615. The van der Waals surface area contributed by atoms with Crippen molar-refractivity contribution in [1.82, 2.24) is 20.2 Å². The van der Waals surface area contributed by atoms with Crippen molar-refractivity contribution in [3.8, 4) is 5.75 Å². The second kappa shape index (κ2) is 7.34. The molecule has 1 atom stereocenters. The van der Waals surface area contributed by atoms with Gasteiger partial charge in [-0.2, -0.15) is 4.80 Å². The number of aryl methyl sites for hydroxylation is 1. The maximum absolute atomic E-state index is 12.9. The van der Waals surface area contributed by atoms with E-state index in [4.69, 9.17) is 4.74 Å². The van der Waals surface area contributed by atoms with Crippen molar-refractivity contribution in [3.63, 3.8) is 0 Å². The number of hydrogen-bond acceptors (Lipinski definition) is 6. The van der Waals surface area contributed by atoms with E-state index in [-0.39, 0.29) is 23.9 Å². The highest BCUT2D eigenvalue weighted by molar-refractivity contribution is 6.04. The van der Waals surface area contributed by atoms with Gasteiger partial charge < -0.3 is 4.74 Å². The molecule has 142 valence electrons. The second-order valence-corrected chi connectivity index (χ2v) is 6.79. The van der Waals surface area contributed by atoms with Gasteiger partial charge in [-0.3, -0.25) is 9.59 Å². The molecule has 28 heavy (non-hydrogen) atoms. The Morgan fingerprint density at radius 2 is 1.96 bits per heavy atom. The third kappa shape index (κ3) is 3.31. The number of Topliss-reactive ketones (excluding diaryl/α,β-unsaturated/α-hetero) is 2. The molecule has 2 aromatic carbocycles. The zero-order valence-corrected chi connectivity index (χ0v) is 15.8. The molecule has 0 aliphatic carbocycles. The Hall–Kier alpha value is -3.35. The fourth-order valence-corrected chi connectivity index (χ4v) is 3.49. The third-order valence-electron chi connectivity index (χ3n) is 4.90.